The number of hydrogen-bond acceptors (Lipinski definition) is 3. The Morgan fingerprint density at radius 2 is 2.17 bits per heavy atom. The summed E-state index contributed by atoms with van der Waals surface area (Å²) in [6, 6.07) is 2.99. The van der Waals surface area contributed by atoms with Gasteiger partial charge in [0.1, 0.15) is 12.4 Å². The molecule has 18 heavy (non-hydrogen) atoms. The number of nitrogens with one attached hydrogen (secondary N) is 2. The zero-order chi connectivity index (χ0) is 13.3. The van der Waals surface area contributed by atoms with E-state index in [2.05, 4.69) is 15.3 Å². The average molecular weight is 288 g/mol. The van der Waals surface area contributed by atoms with Crippen LogP contribution in [0.1, 0.15) is 18.8 Å². The fourth-order valence-electron chi connectivity index (χ4n) is 1.59. The molecule has 1 amide bonds. The summed E-state index contributed by atoms with van der Waals surface area (Å²) in [5.74, 6) is 0.115. The number of rotatable bonds is 3. The monoisotopic (exact) mass is 287 g/mol. The summed E-state index contributed by atoms with van der Waals surface area (Å²) in [4.78, 5) is 18.4. The first-order chi connectivity index (χ1) is 8.51. The van der Waals surface area contributed by atoms with Crippen LogP contribution in [0, 0.1) is 0 Å². The number of imidazole rings is 1. The van der Waals surface area contributed by atoms with E-state index < -0.39 is 12.5 Å². The molecule has 0 radical (unpaired) electrons. The Bertz CT molecular complexity index is 558. The molecular formula is C11H11Cl2N3O2. The van der Waals surface area contributed by atoms with Crippen molar-refractivity contribution in [1.82, 2.24) is 15.3 Å². The molecule has 5 nitrogen and oxygen atoms in total. The van der Waals surface area contributed by atoms with Gasteiger partial charge in [-0.2, -0.15) is 0 Å². The van der Waals surface area contributed by atoms with E-state index in [1.54, 1.807) is 19.1 Å². The molecule has 0 spiro atoms. The summed E-state index contributed by atoms with van der Waals surface area (Å²) in [5, 5.41) is 12.1. The molecule has 1 aromatic heterocycles. The van der Waals surface area contributed by atoms with E-state index in [9.17, 15) is 4.79 Å². The largest absolute Gasteiger partial charge is 0.387 e. The summed E-state index contributed by atoms with van der Waals surface area (Å²) in [6.45, 7) is 1.21. The Morgan fingerprint density at radius 3 is 2.83 bits per heavy atom. The van der Waals surface area contributed by atoms with Gasteiger partial charge in [-0.15, -0.1) is 0 Å². The first-order valence-corrected chi connectivity index (χ1v) is 6.01. The number of fused-ring (bicyclic) bond motifs is 1. The van der Waals surface area contributed by atoms with Crippen LogP contribution in [0.4, 0.5) is 0 Å². The highest BCUT2D eigenvalue weighted by molar-refractivity contribution is 6.42. The molecular weight excluding hydrogens is 277 g/mol. The molecule has 2 aromatic rings. The zero-order valence-corrected chi connectivity index (χ0v) is 11.0. The molecule has 3 N–H and O–H groups in total. The fraction of sp³-hybridized carbons (Fsp3) is 0.273. The molecule has 1 atom stereocenters. The van der Waals surface area contributed by atoms with Crippen LogP contribution in [-0.2, 0) is 4.79 Å². The second-order valence-electron chi connectivity index (χ2n) is 3.85. The van der Waals surface area contributed by atoms with E-state index in [4.69, 9.17) is 28.3 Å². The Kier molecular flexibility index (Phi) is 3.75. The van der Waals surface area contributed by atoms with Gasteiger partial charge < -0.3 is 15.4 Å². The van der Waals surface area contributed by atoms with Crippen LogP contribution in [0.25, 0.3) is 11.0 Å². The average Bonchev–Trinajstić information content (AvgIpc) is 2.72. The van der Waals surface area contributed by atoms with Gasteiger partial charge in [0.15, 0.2) is 0 Å². The zero-order valence-electron chi connectivity index (χ0n) is 9.50. The number of aliphatic hydroxyl groups is 1. The maximum absolute atomic E-state index is 11.1. The smallest absolute Gasteiger partial charge is 0.246 e. The molecule has 2 rings (SSSR count). The third-order valence-corrected chi connectivity index (χ3v) is 3.20. The maximum atomic E-state index is 11.1. The fourth-order valence-corrected chi connectivity index (χ4v) is 1.91. The second-order valence-corrected chi connectivity index (χ2v) is 4.67. The summed E-state index contributed by atoms with van der Waals surface area (Å²) in [7, 11) is 0. The maximum Gasteiger partial charge on any atom is 0.246 e. The molecule has 0 saturated heterocycles. The van der Waals surface area contributed by atoms with Crippen LogP contribution in [0.2, 0.25) is 10.0 Å². The highest BCUT2D eigenvalue weighted by atomic mass is 35.5. The normalized spacial score (nSPS) is 12.7. The van der Waals surface area contributed by atoms with Gasteiger partial charge in [-0.1, -0.05) is 23.2 Å². The molecule has 1 heterocycles. The van der Waals surface area contributed by atoms with Crippen LogP contribution in [0.5, 0.6) is 0 Å². The lowest BCUT2D eigenvalue weighted by Crippen LogP contribution is -2.29. The quantitative estimate of drug-likeness (QED) is 0.808. The minimum absolute atomic E-state index is 0.338. The summed E-state index contributed by atoms with van der Waals surface area (Å²) >= 11 is 11.8. The summed E-state index contributed by atoms with van der Waals surface area (Å²) in [5.41, 5.74) is 1.41. The minimum Gasteiger partial charge on any atom is -0.387 e. The van der Waals surface area contributed by atoms with E-state index >= 15 is 0 Å². The lowest BCUT2D eigenvalue weighted by molar-refractivity contribution is -0.124. The van der Waals surface area contributed by atoms with E-state index in [-0.39, 0.29) is 6.04 Å². The topological polar surface area (TPSA) is 78.0 Å². The van der Waals surface area contributed by atoms with Gasteiger partial charge in [0.25, 0.3) is 0 Å². The molecule has 0 aliphatic rings. The number of aromatic amines is 1. The first kappa shape index (κ1) is 13.1. The standard InChI is InChI=1S/C11H11Cl2N3O2/c1-5(14-10(18)4-17)11-15-8-2-6(12)7(13)3-9(8)16-11/h2-3,5,17H,4H2,1H3,(H,14,18)(H,15,16). The lowest BCUT2D eigenvalue weighted by Gasteiger charge is -2.09. The number of H-pyrrole nitrogens is 1. The Balaban J connectivity index is 2.32. The molecule has 1 unspecified atom stereocenters. The molecule has 0 fully saturated rings. The van der Waals surface area contributed by atoms with Crippen LogP contribution in [0.3, 0.4) is 0 Å². The van der Waals surface area contributed by atoms with Gasteiger partial charge in [-0.25, -0.2) is 4.98 Å². The number of carbonyl (C=O) groups excluding carboxylic acids is 1. The van der Waals surface area contributed by atoms with Crippen molar-refractivity contribution in [3.05, 3.63) is 28.0 Å². The molecule has 7 heteroatoms. The van der Waals surface area contributed by atoms with Gasteiger partial charge in [0, 0.05) is 0 Å². The number of nitrogens with zero attached hydrogens (tertiary/aromatic N) is 1. The van der Waals surface area contributed by atoms with Gasteiger partial charge in [-0.05, 0) is 19.1 Å². The highest BCUT2D eigenvalue weighted by Crippen LogP contribution is 2.27. The van der Waals surface area contributed by atoms with Crippen LogP contribution < -0.4 is 5.32 Å². The van der Waals surface area contributed by atoms with Gasteiger partial charge in [0.05, 0.1) is 27.1 Å². The van der Waals surface area contributed by atoms with E-state index in [0.717, 1.165) is 5.52 Å². The van der Waals surface area contributed by atoms with Crippen molar-refractivity contribution in [2.24, 2.45) is 0 Å². The lowest BCUT2D eigenvalue weighted by atomic mass is 10.3. The van der Waals surface area contributed by atoms with E-state index in [1.165, 1.54) is 0 Å². The Hall–Kier alpha value is -1.30. The number of halogens is 2. The van der Waals surface area contributed by atoms with Crippen molar-refractivity contribution in [2.75, 3.05) is 6.61 Å². The third kappa shape index (κ3) is 2.58. The van der Waals surface area contributed by atoms with Crippen LogP contribution >= 0.6 is 23.2 Å². The van der Waals surface area contributed by atoms with E-state index in [0.29, 0.717) is 21.4 Å². The number of aromatic nitrogens is 2. The van der Waals surface area contributed by atoms with Gasteiger partial charge in [0.2, 0.25) is 5.91 Å². The SMILES string of the molecule is CC(NC(=O)CO)c1nc2cc(Cl)c(Cl)cc2[nH]1. The number of benzene rings is 1. The molecule has 0 aliphatic heterocycles. The van der Waals surface area contributed by atoms with Crippen molar-refractivity contribution in [3.8, 4) is 0 Å². The highest BCUT2D eigenvalue weighted by Gasteiger charge is 2.14. The number of hydrogen-bond donors (Lipinski definition) is 3. The first-order valence-electron chi connectivity index (χ1n) is 5.26. The van der Waals surface area contributed by atoms with Crippen molar-refractivity contribution in [3.63, 3.8) is 0 Å². The van der Waals surface area contributed by atoms with Crippen LogP contribution in [-0.4, -0.2) is 27.6 Å². The predicted molar refractivity (Wildman–Crippen MR) is 69.8 cm³/mol. The van der Waals surface area contributed by atoms with Crippen molar-refractivity contribution >= 4 is 40.1 Å². The summed E-state index contributed by atoms with van der Waals surface area (Å²) in [6.07, 6.45) is 0. The number of carbonyl (C=O) groups is 1. The number of amides is 1. The molecule has 1 aromatic carbocycles. The molecule has 0 bridgehead atoms. The van der Waals surface area contributed by atoms with Crippen molar-refractivity contribution < 1.29 is 9.90 Å². The molecule has 96 valence electrons. The second kappa shape index (κ2) is 5.14. The minimum atomic E-state index is -0.553. The number of aliphatic hydroxyl groups excluding tert-OH is 1. The molecule has 0 saturated carbocycles. The van der Waals surface area contributed by atoms with Gasteiger partial charge in [-0.3, -0.25) is 4.79 Å². The Labute approximate surface area is 113 Å². The third-order valence-electron chi connectivity index (χ3n) is 2.47. The van der Waals surface area contributed by atoms with Crippen LogP contribution in [0.15, 0.2) is 12.1 Å². The van der Waals surface area contributed by atoms with Crippen molar-refractivity contribution in [1.29, 1.82) is 0 Å². The van der Waals surface area contributed by atoms with E-state index in [1.807, 2.05) is 0 Å². The van der Waals surface area contributed by atoms with Crippen molar-refractivity contribution in [2.45, 2.75) is 13.0 Å². The summed E-state index contributed by atoms with van der Waals surface area (Å²) < 4.78 is 0. The van der Waals surface area contributed by atoms with Gasteiger partial charge >= 0.3 is 0 Å². The molecule has 0 aliphatic carbocycles. The predicted octanol–water partition coefficient (Wildman–Crippen LogP) is 2.04. The Morgan fingerprint density at radius 1 is 1.50 bits per heavy atom.